The van der Waals surface area contributed by atoms with Crippen LogP contribution in [-0.4, -0.2) is 31.9 Å². The maximum absolute atomic E-state index is 13.0. The Morgan fingerprint density at radius 1 is 1.21 bits per heavy atom. The molecule has 154 valence electrons. The lowest BCUT2D eigenvalue weighted by atomic mass is 10.0. The van der Waals surface area contributed by atoms with Crippen LogP contribution >= 0.6 is 11.6 Å². The maximum Gasteiger partial charge on any atom is 0.245 e. The van der Waals surface area contributed by atoms with Gasteiger partial charge in [0.2, 0.25) is 5.91 Å². The number of amides is 1. The van der Waals surface area contributed by atoms with Gasteiger partial charge in [0, 0.05) is 17.0 Å². The minimum absolute atomic E-state index is 0.00820. The minimum atomic E-state index is -3.78. The zero-order valence-electron chi connectivity index (χ0n) is 16.3. The molecule has 0 bridgehead atoms. The molecule has 0 unspecified atom stereocenters. The summed E-state index contributed by atoms with van der Waals surface area (Å²) in [5.41, 5.74) is 7.23. The summed E-state index contributed by atoms with van der Waals surface area (Å²) in [6, 6.07) is 10.1. The van der Waals surface area contributed by atoms with Crippen molar-refractivity contribution in [3.8, 4) is 0 Å². The second kappa shape index (κ2) is 8.26. The fourth-order valence-electron chi connectivity index (χ4n) is 3.31. The molecule has 0 saturated heterocycles. The van der Waals surface area contributed by atoms with Crippen LogP contribution in [0, 0.1) is 5.92 Å². The van der Waals surface area contributed by atoms with Crippen molar-refractivity contribution in [2.45, 2.75) is 37.8 Å². The van der Waals surface area contributed by atoms with Gasteiger partial charge in [-0.25, -0.2) is 8.42 Å². The van der Waals surface area contributed by atoms with E-state index in [9.17, 15) is 18.0 Å². The van der Waals surface area contributed by atoms with Gasteiger partial charge in [-0.3, -0.25) is 9.59 Å². The number of ketones is 1. The van der Waals surface area contributed by atoms with E-state index in [4.69, 9.17) is 17.3 Å². The Labute approximate surface area is 175 Å². The van der Waals surface area contributed by atoms with Crippen LogP contribution in [0.4, 0.5) is 5.69 Å². The molecule has 8 heteroatoms. The molecule has 0 radical (unpaired) electrons. The number of nitrogens with two attached hydrogens (primary N) is 1. The summed E-state index contributed by atoms with van der Waals surface area (Å²) in [5, 5.41) is 0.553. The van der Waals surface area contributed by atoms with E-state index in [1.165, 1.54) is 23.1 Å². The third-order valence-electron chi connectivity index (χ3n) is 4.74. The smallest absolute Gasteiger partial charge is 0.245 e. The zero-order chi connectivity index (χ0) is 21.3. The molecule has 0 spiro atoms. The van der Waals surface area contributed by atoms with Gasteiger partial charge in [0.25, 0.3) is 0 Å². The number of carbonyl (C=O) groups excluding carboxylic acids is 2. The van der Waals surface area contributed by atoms with E-state index >= 15 is 0 Å². The SMILES string of the molecule is CC(C)CC(=O)c1ccc2c(c1)N(Cc1ccc(Cl)cc1)C(=O)[C@@H](N)CS2(=O)=O. The normalized spacial score (nSPS) is 18.4. The molecule has 2 aromatic carbocycles. The molecule has 0 aromatic heterocycles. The van der Waals surface area contributed by atoms with Gasteiger partial charge in [0.1, 0.15) is 0 Å². The van der Waals surface area contributed by atoms with Gasteiger partial charge in [0.05, 0.1) is 28.9 Å². The second-order valence-electron chi connectivity index (χ2n) is 7.64. The average Bonchev–Trinajstić information content (AvgIpc) is 2.71. The van der Waals surface area contributed by atoms with Gasteiger partial charge >= 0.3 is 0 Å². The molecular formula is C21H23ClN2O4S. The van der Waals surface area contributed by atoms with Gasteiger partial charge in [-0.05, 0) is 41.8 Å². The number of Topliss-reactive ketones (excluding diaryl/α,β-unsaturated/α-hetero) is 1. The minimum Gasteiger partial charge on any atom is -0.319 e. The number of benzene rings is 2. The number of halogens is 1. The third-order valence-corrected chi connectivity index (χ3v) is 6.80. The lowest BCUT2D eigenvalue weighted by Crippen LogP contribution is -2.45. The Balaban J connectivity index is 2.12. The Bertz CT molecular complexity index is 1050. The molecule has 6 nitrogen and oxygen atoms in total. The first-order valence-corrected chi connectivity index (χ1v) is 11.3. The predicted octanol–water partition coefficient (Wildman–Crippen LogP) is 3.22. The highest BCUT2D eigenvalue weighted by Gasteiger charge is 2.36. The highest BCUT2D eigenvalue weighted by Crippen LogP contribution is 2.33. The number of nitrogens with zero attached hydrogens (tertiary/aromatic N) is 1. The van der Waals surface area contributed by atoms with Crippen molar-refractivity contribution in [3.05, 3.63) is 58.6 Å². The Morgan fingerprint density at radius 2 is 1.86 bits per heavy atom. The van der Waals surface area contributed by atoms with Crippen molar-refractivity contribution >= 4 is 38.8 Å². The van der Waals surface area contributed by atoms with E-state index in [0.717, 1.165) is 5.56 Å². The second-order valence-corrected chi connectivity index (χ2v) is 10.1. The molecule has 1 atom stereocenters. The maximum atomic E-state index is 13.0. The summed E-state index contributed by atoms with van der Waals surface area (Å²) >= 11 is 5.93. The molecule has 0 saturated carbocycles. The Hall–Kier alpha value is -2.22. The predicted molar refractivity (Wildman–Crippen MR) is 113 cm³/mol. The van der Waals surface area contributed by atoms with Crippen LogP contribution in [0.25, 0.3) is 0 Å². The van der Waals surface area contributed by atoms with Crippen LogP contribution in [0.1, 0.15) is 36.2 Å². The van der Waals surface area contributed by atoms with E-state index < -0.39 is 27.5 Å². The molecule has 2 aromatic rings. The van der Waals surface area contributed by atoms with Crippen molar-refractivity contribution in [1.82, 2.24) is 0 Å². The fourth-order valence-corrected chi connectivity index (χ4v) is 4.99. The summed E-state index contributed by atoms with van der Waals surface area (Å²) in [6.07, 6.45) is 0.330. The largest absolute Gasteiger partial charge is 0.319 e. The lowest BCUT2D eigenvalue weighted by molar-refractivity contribution is -0.119. The molecule has 1 amide bonds. The zero-order valence-corrected chi connectivity index (χ0v) is 17.8. The Morgan fingerprint density at radius 3 is 2.48 bits per heavy atom. The number of rotatable bonds is 5. The van der Waals surface area contributed by atoms with Crippen molar-refractivity contribution < 1.29 is 18.0 Å². The van der Waals surface area contributed by atoms with Crippen molar-refractivity contribution in [1.29, 1.82) is 0 Å². The van der Waals surface area contributed by atoms with E-state index in [2.05, 4.69) is 0 Å². The highest BCUT2D eigenvalue weighted by atomic mass is 35.5. The highest BCUT2D eigenvalue weighted by molar-refractivity contribution is 7.91. The van der Waals surface area contributed by atoms with E-state index in [-0.39, 0.29) is 28.8 Å². The van der Waals surface area contributed by atoms with E-state index in [0.29, 0.717) is 17.0 Å². The summed E-state index contributed by atoms with van der Waals surface area (Å²) in [7, 11) is -3.78. The summed E-state index contributed by atoms with van der Waals surface area (Å²) in [4.78, 5) is 26.9. The van der Waals surface area contributed by atoms with Crippen LogP contribution in [-0.2, 0) is 21.2 Å². The first-order chi connectivity index (χ1) is 13.6. The molecule has 0 aliphatic carbocycles. The molecule has 29 heavy (non-hydrogen) atoms. The lowest BCUT2D eigenvalue weighted by Gasteiger charge is -2.24. The van der Waals surface area contributed by atoms with Gasteiger partial charge in [0.15, 0.2) is 15.6 Å². The number of anilines is 1. The number of sulfone groups is 1. The number of fused-ring (bicyclic) bond motifs is 1. The number of hydrogen-bond donors (Lipinski definition) is 1. The van der Waals surface area contributed by atoms with E-state index in [1.54, 1.807) is 24.3 Å². The van der Waals surface area contributed by atoms with Crippen LogP contribution in [0.3, 0.4) is 0 Å². The molecular weight excluding hydrogens is 412 g/mol. The fraction of sp³-hybridized carbons (Fsp3) is 0.333. The van der Waals surface area contributed by atoms with Gasteiger partial charge in [-0.1, -0.05) is 37.6 Å². The topological polar surface area (TPSA) is 97.5 Å². The van der Waals surface area contributed by atoms with Gasteiger partial charge in [-0.2, -0.15) is 0 Å². The molecule has 1 heterocycles. The quantitative estimate of drug-likeness (QED) is 0.728. The van der Waals surface area contributed by atoms with Crippen molar-refractivity contribution in [2.24, 2.45) is 11.7 Å². The number of carbonyl (C=O) groups is 2. The number of hydrogen-bond acceptors (Lipinski definition) is 5. The average molecular weight is 435 g/mol. The standard InChI is InChI=1S/C21H23ClN2O4S/c1-13(2)9-19(25)15-5-8-20-18(10-15)24(11-14-3-6-16(22)7-4-14)21(26)17(23)12-29(20,27)28/h3-8,10,13,17H,9,11-12,23H2,1-2H3/t17-/m0/s1. The van der Waals surface area contributed by atoms with Crippen LogP contribution in [0.5, 0.6) is 0 Å². The van der Waals surface area contributed by atoms with Crippen LogP contribution < -0.4 is 10.6 Å². The van der Waals surface area contributed by atoms with Crippen LogP contribution in [0.2, 0.25) is 5.02 Å². The summed E-state index contributed by atoms with van der Waals surface area (Å²) < 4.78 is 25.6. The van der Waals surface area contributed by atoms with Crippen molar-refractivity contribution in [2.75, 3.05) is 10.7 Å². The summed E-state index contributed by atoms with van der Waals surface area (Å²) in [5.74, 6) is -0.927. The molecule has 0 fully saturated rings. The van der Waals surface area contributed by atoms with Crippen molar-refractivity contribution in [3.63, 3.8) is 0 Å². The third kappa shape index (κ3) is 4.69. The Kier molecular flexibility index (Phi) is 6.12. The molecule has 1 aliphatic rings. The monoisotopic (exact) mass is 434 g/mol. The van der Waals surface area contributed by atoms with Gasteiger partial charge < -0.3 is 10.6 Å². The first-order valence-electron chi connectivity index (χ1n) is 9.30. The molecule has 2 N–H and O–H groups in total. The van der Waals surface area contributed by atoms with Gasteiger partial charge in [-0.15, -0.1) is 0 Å². The van der Waals surface area contributed by atoms with Crippen LogP contribution in [0.15, 0.2) is 47.4 Å². The first kappa shape index (κ1) is 21.5. The van der Waals surface area contributed by atoms with E-state index in [1.807, 2.05) is 13.8 Å². The molecule has 1 aliphatic heterocycles. The molecule has 3 rings (SSSR count). The summed E-state index contributed by atoms with van der Waals surface area (Å²) in [6.45, 7) is 3.98.